The van der Waals surface area contributed by atoms with E-state index < -0.39 is 59.9 Å². The molecule has 0 bridgehead atoms. The fourth-order valence-corrected chi connectivity index (χ4v) is 4.13. The minimum atomic E-state index is -4.56. The molecular formula is C22H20F6N6O. The molecule has 1 N–H and O–H groups in total. The number of alkyl halides is 5. The number of carbonyl (C=O) groups excluding carboxylic acids is 1. The normalized spacial score (nSPS) is 20.0. The molecule has 0 radical (unpaired) electrons. The van der Waals surface area contributed by atoms with Gasteiger partial charge < -0.3 is 10.2 Å². The zero-order valence-electron chi connectivity index (χ0n) is 18.3. The molecule has 7 nitrogen and oxygen atoms in total. The second kappa shape index (κ2) is 9.19. The molecule has 1 aliphatic heterocycles. The lowest BCUT2D eigenvalue weighted by Gasteiger charge is -2.43. The molecule has 0 aliphatic carbocycles. The summed E-state index contributed by atoms with van der Waals surface area (Å²) in [5.74, 6) is -5.77. The zero-order valence-corrected chi connectivity index (χ0v) is 18.3. The Morgan fingerprint density at radius 3 is 2.51 bits per heavy atom. The van der Waals surface area contributed by atoms with Crippen molar-refractivity contribution < 1.29 is 31.1 Å². The number of hydrogen-bond donors (Lipinski definition) is 1. The average Bonchev–Trinajstić information content (AvgIpc) is 3.31. The maximum Gasteiger partial charge on any atom is 0.417 e. The van der Waals surface area contributed by atoms with Gasteiger partial charge in [-0.3, -0.25) is 4.79 Å². The van der Waals surface area contributed by atoms with Crippen LogP contribution in [0.2, 0.25) is 0 Å². The molecule has 3 aromatic rings. The fraction of sp³-hybridized carbons (Fsp3) is 0.364. The summed E-state index contributed by atoms with van der Waals surface area (Å²) >= 11 is 0. The summed E-state index contributed by atoms with van der Waals surface area (Å²) in [5, 5.41) is 10.6. The maximum absolute atomic E-state index is 14.8. The van der Waals surface area contributed by atoms with E-state index >= 15 is 0 Å². The largest absolute Gasteiger partial charge is 0.417 e. The average molecular weight is 498 g/mol. The minimum absolute atomic E-state index is 0.0161. The Bertz CT molecular complexity index is 1180. The predicted octanol–water partition coefficient (Wildman–Crippen LogP) is 4.42. The van der Waals surface area contributed by atoms with E-state index in [0.717, 1.165) is 27.9 Å². The predicted molar refractivity (Wildman–Crippen MR) is 113 cm³/mol. The van der Waals surface area contributed by atoms with Gasteiger partial charge in [0.2, 0.25) is 0 Å². The zero-order chi connectivity index (χ0) is 25.4. The third-order valence-corrected chi connectivity index (χ3v) is 5.76. The van der Waals surface area contributed by atoms with E-state index in [1.54, 1.807) is 0 Å². The van der Waals surface area contributed by atoms with Crippen LogP contribution in [-0.2, 0) is 6.18 Å². The summed E-state index contributed by atoms with van der Waals surface area (Å²) in [6, 6.07) is 4.87. The monoisotopic (exact) mass is 498 g/mol. The highest BCUT2D eigenvalue weighted by Crippen LogP contribution is 2.36. The number of amides is 1. The van der Waals surface area contributed by atoms with E-state index in [0.29, 0.717) is 6.20 Å². The third-order valence-electron chi connectivity index (χ3n) is 5.76. The molecular weight excluding hydrogens is 478 g/mol. The minimum Gasteiger partial charge on any atom is -0.368 e. The Hall–Kier alpha value is -3.64. The molecule has 0 saturated carbocycles. The number of hydrogen-bond acceptors (Lipinski definition) is 5. The van der Waals surface area contributed by atoms with E-state index in [1.165, 1.54) is 31.5 Å². The Morgan fingerprint density at radius 1 is 1.17 bits per heavy atom. The highest BCUT2D eigenvalue weighted by atomic mass is 19.4. The van der Waals surface area contributed by atoms with Crippen LogP contribution in [0.25, 0.3) is 5.69 Å². The third kappa shape index (κ3) is 5.23. The first-order valence-corrected chi connectivity index (χ1v) is 10.6. The van der Waals surface area contributed by atoms with Gasteiger partial charge in [-0.05, 0) is 30.2 Å². The van der Waals surface area contributed by atoms with Crippen molar-refractivity contribution >= 4 is 11.7 Å². The Morgan fingerprint density at radius 2 is 1.89 bits per heavy atom. The number of rotatable bonds is 5. The number of likely N-dealkylation sites (tertiary alicyclic amines) is 1. The Labute approximate surface area is 195 Å². The van der Waals surface area contributed by atoms with Crippen molar-refractivity contribution in [1.82, 2.24) is 24.9 Å². The van der Waals surface area contributed by atoms with Gasteiger partial charge in [0.15, 0.2) is 0 Å². The van der Waals surface area contributed by atoms with Gasteiger partial charge >= 0.3 is 6.18 Å². The van der Waals surface area contributed by atoms with E-state index in [4.69, 9.17) is 0 Å². The van der Waals surface area contributed by atoms with E-state index in [2.05, 4.69) is 20.5 Å². The van der Waals surface area contributed by atoms with Gasteiger partial charge in [-0.15, -0.1) is 0 Å². The first kappa shape index (κ1) is 24.5. The van der Waals surface area contributed by atoms with Crippen molar-refractivity contribution in [2.75, 3.05) is 18.4 Å². The molecule has 2 aromatic heterocycles. The van der Waals surface area contributed by atoms with Crippen LogP contribution in [0.3, 0.4) is 0 Å². The molecule has 35 heavy (non-hydrogen) atoms. The quantitative estimate of drug-likeness (QED) is 0.528. The fourth-order valence-electron chi connectivity index (χ4n) is 4.13. The van der Waals surface area contributed by atoms with E-state index in [-0.39, 0.29) is 18.1 Å². The number of aromatic nitrogens is 4. The van der Waals surface area contributed by atoms with Gasteiger partial charge in [-0.1, -0.05) is 13.0 Å². The molecule has 1 fully saturated rings. The number of pyridine rings is 1. The van der Waals surface area contributed by atoms with Crippen LogP contribution in [0.5, 0.6) is 0 Å². The molecule has 1 amide bonds. The highest BCUT2D eigenvalue weighted by molar-refractivity contribution is 5.98. The second-order valence-corrected chi connectivity index (χ2v) is 8.30. The lowest BCUT2D eigenvalue weighted by Crippen LogP contribution is -2.57. The van der Waals surface area contributed by atoms with Crippen molar-refractivity contribution in [1.29, 1.82) is 0 Å². The number of carbonyl (C=O) groups is 1. The summed E-state index contributed by atoms with van der Waals surface area (Å²) in [4.78, 5) is 19.1. The molecule has 13 heteroatoms. The highest BCUT2D eigenvalue weighted by Gasteiger charge is 2.47. The van der Waals surface area contributed by atoms with Gasteiger partial charge in [-0.2, -0.15) is 28.2 Å². The van der Waals surface area contributed by atoms with E-state index in [9.17, 15) is 31.1 Å². The summed E-state index contributed by atoms with van der Waals surface area (Å²) in [6.45, 7) is 0.478. The topological polar surface area (TPSA) is 75.9 Å². The van der Waals surface area contributed by atoms with Crippen molar-refractivity contribution in [2.24, 2.45) is 5.92 Å². The first-order valence-electron chi connectivity index (χ1n) is 10.6. The van der Waals surface area contributed by atoms with Crippen molar-refractivity contribution in [3.05, 3.63) is 65.9 Å². The summed E-state index contributed by atoms with van der Waals surface area (Å²) in [5.41, 5.74) is -1.42. The summed E-state index contributed by atoms with van der Waals surface area (Å²) in [7, 11) is 0. The van der Waals surface area contributed by atoms with Gasteiger partial charge in [0, 0.05) is 19.2 Å². The number of benzene rings is 1. The van der Waals surface area contributed by atoms with Crippen LogP contribution in [0.1, 0.15) is 29.3 Å². The lowest BCUT2D eigenvalue weighted by molar-refractivity contribution is -0.137. The summed E-state index contributed by atoms with van der Waals surface area (Å²) in [6.07, 6.45) is -1.79. The van der Waals surface area contributed by atoms with E-state index in [1.807, 2.05) is 0 Å². The van der Waals surface area contributed by atoms with Crippen LogP contribution in [0.15, 0.2) is 48.9 Å². The molecule has 1 unspecified atom stereocenters. The number of nitrogens with zero attached hydrogens (tertiary/aromatic N) is 5. The smallest absolute Gasteiger partial charge is 0.368 e. The molecule has 1 saturated heterocycles. The number of nitrogens with one attached hydrogen (secondary N) is 1. The molecule has 4 rings (SSSR count). The van der Waals surface area contributed by atoms with Gasteiger partial charge in [0.05, 0.1) is 30.5 Å². The molecule has 0 spiro atoms. The van der Waals surface area contributed by atoms with Crippen LogP contribution >= 0.6 is 0 Å². The molecule has 3 heterocycles. The van der Waals surface area contributed by atoms with Crippen LogP contribution in [-0.4, -0.2) is 55.8 Å². The SMILES string of the molecule is C[C@@H]1CC(F)(F)CN(C(=O)c2c(F)cccc2-n2nccn2)C1CNc1ccc(C(F)(F)F)cn1. The standard InChI is InChI=1S/C22H20F6N6O/c1-13-9-21(24,25)12-33(17(13)11-30-18-6-5-14(10-29-18)22(26,27)28)20(35)19-15(23)3-2-4-16(19)34-31-7-8-32-34/h2-8,10,13,17H,9,11-12H2,1H3,(H,29,30)/t13-,17?/m1/s1. The number of halogens is 6. The van der Waals surface area contributed by atoms with Gasteiger partial charge in [0.1, 0.15) is 22.9 Å². The van der Waals surface area contributed by atoms with Crippen molar-refractivity contribution in [3.8, 4) is 5.69 Å². The molecule has 186 valence electrons. The second-order valence-electron chi connectivity index (χ2n) is 8.30. The van der Waals surface area contributed by atoms with Crippen LogP contribution in [0.4, 0.5) is 32.2 Å². The van der Waals surface area contributed by atoms with Gasteiger partial charge in [-0.25, -0.2) is 18.2 Å². The van der Waals surface area contributed by atoms with Crippen molar-refractivity contribution in [2.45, 2.75) is 31.5 Å². The first-order chi connectivity index (χ1) is 16.5. The van der Waals surface area contributed by atoms with Crippen LogP contribution in [0, 0.1) is 11.7 Å². The maximum atomic E-state index is 14.8. The number of anilines is 1. The molecule has 1 aromatic carbocycles. The van der Waals surface area contributed by atoms with Crippen molar-refractivity contribution in [3.63, 3.8) is 0 Å². The Balaban J connectivity index is 1.62. The summed E-state index contributed by atoms with van der Waals surface area (Å²) < 4.78 is 82.1. The molecule has 2 atom stereocenters. The van der Waals surface area contributed by atoms with Crippen LogP contribution < -0.4 is 5.32 Å². The lowest BCUT2D eigenvalue weighted by atomic mass is 9.87. The molecule has 1 aliphatic rings. The van der Waals surface area contributed by atoms with Gasteiger partial charge in [0.25, 0.3) is 11.8 Å². The Kier molecular flexibility index (Phi) is 6.43. The number of piperidine rings is 1.